The summed E-state index contributed by atoms with van der Waals surface area (Å²) in [6.45, 7) is 4.26. The van der Waals surface area contributed by atoms with E-state index in [0.717, 1.165) is 37.4 Å². The Bertz CT molecular complexity index is 383. The Hall–Kier alpha value is -1.36. The summed E-state index contributed by atoms with van der Waals surface area (Å²) in [7, 11) is 1.83. The molecule has 1 saturated heterocycles. The molecular weight excluding hydrogens is 216 g/mol. The number of nitrogens with one attached hydrogen (secondary N) is 1. The van der Waals surface area contributed by atoms with Crippen molar-refractivity contribution in [3.05, 3.63) is 11.8 Å². The quantitative estimate of drug-likeness (QED) is 0.818. The molecule has 0 amide bonds. The first-order chi connectivity index (χ1) is 8.22. The Morgan fingerprint density at radius 3 is 3.06 bits per heavy atom. The van der Waals surface area contributed by atoms with Gasteiger partial charge < -0.3 is 15.3 Å². The molecule has 2 N–H and O–H groups in total. The van der Waals surface area contributed by atoms with Gasteiger partial charge in [-0.05, 0) is 25.7 Å². The van der Waals surface area contributed by atoms with Crippen molar-refractivity contribution in [2.75, 3.05) is 37.0 Å². The summed E-state index contributed by atoms with van der Waals surface area (Å²) < 4.78 is 0. The molecule has 1 aromatic heterocycles. The van der Waals surface area contributed by atoms with Crippen molar-refractivity contribution in [1.29, 1.82) is 0 Å². The van der Waals surface area contributed by atoms with E-state index in [0.29, 0.717) is 11.9 Å². The maximum absolute atomic E-state index is 8.96. The molecule has 2 heterocycles. The molecule has 2 rings (SSSR count). The van der Waals surface area contributed by atoms with Crippen LogP contribution < -0.4 is 10.2 Å². The predicted octanol–water partition coefficient (Wildman–Crippen LogP) is 1.04. The summed E-state index contributed by atoms with van der Waals surface area (Å²) in [5.41, 5.74) is 0.977. The Morgan fingerprint density at radius 1 is 1.53 bits per heavy atom. The summed E-state index contributed by atoms with van der Waals surface area (Å²) in [4.78, 5) is 11.0. The highest BCUT2D eigenvalue weighted by atomic mass is 16.3. The number of aromatic nitrogens is 2. The first-order valence-corrected chi connectivity index (χ1v) is 6.12. The van der Waals surface area contributed by atoms with Crippen molar-refractivity contribution in [2.24, 2.45) is 5.92 Å². The first-order valence-electron chi connectivity index (χ1n) is 6.12. The van der Waals surface area contributed by atoms with Gasteiger partial charge in [-0.25, -0.2) is 4.98 Å². The van der Waals surface area contributed by atoms with Crippen molar-refractivity contribution in [1.82, 2.24) is 9.97 Å². The SMILES string of the molecule is CNc1nc(C)cc(N2CCC(CCO)C2)n1. The van der Waals surface area contributed by atoms with Crippen LogP contribution in [0.5, 0.6) is 0 Å². The molecule has 94 valence electrons. The van der Waals surface area contributed by atoms with Crippen LogP contribution in [0, 0.1) is 12.8 Å². The molecule has 0 spiro atoms. The van der Waals surface area contributed by atoms with Crippen molar-refractivity contribution in [2.45, 2.75) is 19.8 Å². The second-order valence-corrected chi connectivity index (χ2v) is 4.55. The zero-order valence-corrected chi connectivity index (χ0v) is 10.5. The lowest BCUT2D eigenvalue weighted by Crippen LogP contribution is -2.21. The van der Waals surface area contributed by atoms with Crippen molar-refractivity contribution in [3.8, 4) is 0 Å². The normalized spacial score (nSPS) is 19.7. The van der Waals surface area contributed by atoms with Crippen LogP contribution in [0.4, 0.5) is 11.8 Å². The second-order valence-electron chi connectivity index (χ2n) is 4.55. The van der Waals surface area contributed by atoms with Crippen LogP contribution in [0.25, 0.3) is 0 Å². The van der Waals surface area contributed by atoms with E-state index >= 15 is 0 Å². The van der Waals surface area contributed by atoms with E-state index in [1.54, 1.807) is 0 Å². The molecule has 1 aromatic rings. The van der Waals surface area contributed by atoms with Gasteiger partial charge in [0.25, 0.3) is 0 Å². The summed E-state index contributed by atoms with van der Waals surface area (Å²) in [6, 6.07) is 2.02. The molecule has 1 unspecified atom stereocenters. The van der Waals surface area contributed by atoms with Crippen LogP contribution in [0.3, 0.4) is 0 Å². The van der Waals surface area contributed by atoms with Gasteiger partial charge in [-0.15, -0.1) is 0 Å². The Kier molecular flexibility index (Phi) is 3.78. The fraction of sp³-hybridized carbons (Fsp3) is 0.667. The lowest BCUT2D eigenvalue weighted by molar-refractivity contribution is 0.263. The molecule has 0 saturated carbocycles. The molecule has 1 fully saturated rings. The van der Waals surface area contributed by atoms with Gasteiger partial charge in [-0.2, -0.15) is 4.98 Å². The molecule has 0 radical (unpaired) electrons. The van der Waals surface area contributed by atoms with Crippen molar-refractivity contribution >= 4 is 11.8 Å². The Morgan fingerprint density at radius 2 is 2.35 bits per heavy atom. The predicted molar refractivity (Wildman–Crippen MR) is 68.3 cm³/mol. The number of hydrogen-bond donors (Lipinski definition) is 2. The van der Waals surface area contributed by atoms with Crippen molar-refractivity contribution in [3.63, 3.8) is 0 Å². The average Bonchev–Trinajstić information content (AvgIpc) is 2.77. The van der Waals surface area contributed by atoms with Gasteiger partial charge >= 0.3 is 0 Å². The molecule has 1 aliphatic heterocycles. The van der Waals surface area contributed by atoms with Gasteiger partial charge in [0.2, 0.25) is 5.95 Å². The van der Waals surface area contributed by atoms with Crippen LogP contribution in [-0.4, -0.2) is 41.8 Å². The maximum Gasteiger partial charge on any atom is 0.224 e. The molecule has 17 heavy (non-hydrogen) atoms. The van der Waals surface area contributed by atoms with E-state index in [1.165, 1.54) is 0 Å². The summed E-state index contributed by atoms with van der Waals surface area (Å²) in [6.07, 6.45) is 2.03. The van der Waals surface area contributed by atoms with Crippen LogP contribution in [-0.2, 0) is 0 Å². The van der Waals surface area contributed by atoms with E-state index in [9.17, 15) is 0 Å². The van der Waals surface area contributed by atoms with E-state index < -0.39 is 0 Å². The van der Waals surface area contributed by atoms with Gasteiger partial charge in [0.1, 0.15) is 5.82 Å². The van der Waals surface area contributed by atoms with Crippen molar-refractivity contribution < 1.29 is 5.11 Å². The highest BCUT2D eigenvalue weighted by Gasteiger charge is 2.23. The third-order valence-corrected chi connectivity index (χ3v) is 3.21. The summed E-state index contributed by atoms with van der Waals surface area (Å²) >= 11 is 0. The zero-order valence-electron chi connectivity index (χ0n) is 10.5. The minimum Gasteiger partial charge on any atom is -0.396 e. The van der Waals surface area contributed by atoms with Gasteiger partial charge in [0.05, 0.1) is 0 Å². The fourth-order valence-electron chi connectivity index (χ4n) is 2.28. The highest BCUT2D eigenvalue weighted by molar-refractivity contribution is 5.45. The van der Waals surface area contributed by atoms with Gasteiger partial charge in [0, 0.05) is 38.5 Å². The second kappa shape index (κ2) is 5.31. The van der Waals surface area contributed by atoms with Crippen LogP contribution >= 0.6 is 0 Å². The van der Waals surface area contributed by atoms with Crippen LogP contribution in [0.2, 0.25) is 0 Å². The fourth-order valence-corrected chi connectivity index (χ4v) is 2.28. The largest absolute Gasteiger partial charge is 0.396 e. The smallest absolute Gasteiger partial charge is 0.224 e. The minimum absolute atomic E-state index is 0.281. The Labute approximate surface area is 102 Å². The average molecular weight is 236 g/mol. The zero-order chi connectivity index (χ0) is 12.3. The lowest BCUT2D eigenvalue weighted by Gasteiger charge is -2.18. The summed E-state index contributed by atoms with van der Waals surface area (Å²) in [5.74, 6) is 2.25. The van der Waals surface area contributed by atoms with Gasteiger partial charge in [-0.3, -0.25) is 0 Å². The number of anilines is 2. The third-order valence-electron chi connectivity index (χ3n) is 3.21. The van der Waals surface area contributed by atoms with Crippen LogP contribution in [0.1, 0.15) is 18.5 Å². The molecule has 5 heteroatoms. The summed E-state index contributed by atoms with van der Waals surface area (Å²) in [5, 5.41) is 11.9. The lowest BCUT2D eigenvalue weighted by atomic mass is 10.1. The molecule has 1 aliphatic rings. The van der Waals surface area contributed by atoms with Gasteiger partial charge in [-0.1, -0.05) is 0 Å². The molecule has 0 aromatic carbocycles. The maximum atomic E-state index is 8.96. The molecule has 0 aliphatic carbocycles. The number of aliphatic hydroxyl groups is 1. The number of nitrogens with zero attached hydrogens (tertiary/aromatic N) is 3. The van der Waals surface area contributed by atoms with E-state index in [4.69, 9.17) is 5.11 Å². The standard InChI is InChI=1S/C12H20N4O/c1-9-7-11(15-12(13-2)14-9)16-5-3-10(8-16)4-6-17/h7,10,17H,3-6,8H2,1-2H3,(H,13,14,15). The van der Waals surface area contributed by atoms with E-state index in [-0.39, 0.29) is 6.61 Å². The topological polar surface area (TPSA) is 61.3 Å². The third kappa shape index (κ3) is 2.85. The molecule has 0 bridgehead atoms. The van der Waals surface area contributed by atoms with Gasteiger partial charge in [0.15, 0.2) is 0 Å². The van der Waals surface area contributed by atoms with E-state index in [2.05, 4.69) is 20.2 Å². The molecule has 1 atom stereocenters. The first kappa shape index (κ1) is 12.1. The van der Waals surface area contributed by atoms with E-state index in [1.807, 2.05) is 20.0 Å². The number of aryl methyl sites for hydroxylation is 1. The monoisotopic (exact) mass is 236 g/mol. The number of hydrogen-bond acceptors (Lipinski definition) is 5. The number of rotatable bonds is 4. The van der Waals surface area contributed by atoms with Crippen LogP contribution in [0.15, 0.2) is 6.07 Å². The minimum atomic E-state index is 0.281. The Balaban J connectivity index is 2.10. The molecule has 5 nitrogen and oxygen atoms in total. The highest BCUT2D eigenvalue weighted by Crippen LogP contribution is 2.25. The molecular formula is C12H20N4O. The number of aliphatic hydroxyl groups excluding tert-OH is 1.